The van der Waals surface area contributed by atoms with Gasteiger partial charge >= 0.3 is 6.09 Å². The smallest absolute Gasteiger partial charge is 0.407 e. The quantitative estimate of drug-likeness (QED) is 0.883. The van der Waals surface area contributed by atoms with Crippen LogP contribution in [0.4, 0.5) is 10.6 Å². The van der Waals surface area contributed by atoms with Gasteiger partial charge in [-0.25, -0.2) is 14.8 Å². The lowest BCUT2D eigenvalue weighted by Gasteiger charge is -2.27. The molecule has 1 saturated carbocycles. The zero-order valence-corrected chi connectivity index (χ0v) is 12.4. The van der Waals surface area contributed by atoms with Gasteiger partial charge < -0.3 is 19.9 Å². The number of amides is 1. The van der Waals surface area contributed by atoms with E-state index in [1.165, 1.54) is 0 Å². The van der Waals surface area contributed by atoms with Crippen molar-refractivity contribution in [3.05, 3.63) is 18.6 Å². The van der Waals surface area contributed by atoms with Crippen LogP contribution in [0, 0.1) is 11.8 Å². The second kappa shape index (κ2) is 4.86. The predicted octanol–water partition coefficient (Wildman–Crippen LogP) is 1.78. The fourth-order valence-electron chi connectivity index (χ4n) is 4.05. The molecule has 2 aromatic heterocycles. The van der Waals surface area contributed by atoms with Crippen molar-refractivity contribution in [3.63, 3.8) is 0 Å². The number of hydrogen-bond donors (Lipinski definition) is 2. The third-order valence-electron chi connectivity index (χ3n) is 5.21. The number of carbonyl (C=O) groups is 1. The molecule has 2 aliphatic rings. The van der Waals surface area contributed by atoms with E-state index in [4.69, 9.17) is 5.11 Å². The molecule has 2 fully saturated rings. The maximum absolute atomic E-state index is 11.1. The van der Waals surface area contributed by atoms with E-state index in [9.17, 15) is 4.79 Å². The third kappa shape index (κ3) is 2.00. The van der Waals surface area contributed by atoms with Crippen molar-refractivity contribution in [2.45, 2.75) is 18.9 Å². The van der Waals surface area contributed by atoms with Crippen LogP contribution in [0.5, 0.6) is 0 Å². The van der Waals surface area contributed by atoms with Crippen LogP contribution in [0.1, 0.15) is 12.8 Å². The van der Waals surface area contributed by atoms with Crippen molar-refractivity contribution in [2.75, 3.05) is 25.0 Å². The van der Waals surface area contributed by atoms with Gasteiger partial charge in [0.05, 0.1) is 5.39 Å². The van der Waals surface area contributed by atoms with E-state index in [-0.39, 0.29) is 0 Å². The average molecular weight is 301 g/mol. The van der Waals surface area contributed by atoms with Crippen molar-refractivity contribution in [1.29, 1.82) is 0 Å². The molecule has 3 atom stereocenters. The number of carboxylic acid groups (broad SMARTS) is 1. The number of aromatic nitrogens is 3. The first-order valence-corrected chi connectivity index (χ1v) is 7.62. The number of H-pyrrole nitrogens is 1. The molecule has 1 aliphatic heterocycles. The van der Waals surface area contributed by atoms with Crippen molar-refractivity contribution in [2.24, 2.45) is 11.8 Å². The molecule has 2 N–H and O–H groups in total. The Morgan fingerprint density at radius 2 is 2.09 bits per heavy atom. The first-order valence-electron chi connectivity index (χ1n) is 7.62. The standard InChI is InChI=1S/C15H19N5O2/c1-19(14-12-2-3-16-13(12)17-8-18-14)11-4-9-6-20(15(21)22)7-10(9)5-11/h2-3,8-11H,4-7H2,1H3,(H,21,22)(H,16,17,18)/t9-,10+,11?. The summed E-state index contributed by atoms with van der Waals surface area (Å²) in [4.78, 5) is 26.7. The minimum Gasteiger partial charge on any atom is -0.465 e. The molecular formula is C15H19N5O2. The van der Waals surface area contributed by atoms with E-state index in [1.54, 1.807) is 11.2 Å². The molecule has 2 aromatic rings. The third-order valence-corrected chi connectivity index (χ3v) is 5.21. The number of aromatic amines is 1. The highest BCUT2D eigenvalue weighted by molar-refractivity contribution is 5.87. The Labute approximate surface area is 128 Å². The molecular weight excluding hydrogens is 282 g/mol. The fourth-order valence-corrected chi connectivity index (χ4v) is 4.05. The van der Waals surface area contributed by atoms with Gasteiger partial charge in [0.1, 0.15) is 17.8 Å². The summed E-state index contributed by atoms with van der Waals surface area (Å²) < 4.78 is 0. The van der Waals surface area contributed by atoms with Crippen LogP contribution in [0.25, 0.3) is 11.0 Å². The Morgan fingerprint density at radius 3 is 2.77 bits per heavy atom. The van der Waals surface area contributed by atoms with Crippen molar-refractivity contribution in [1.82, 2.24) is 19.9 Å². The second-order valence-electron chi connectivity index (χ2n) is 6.38. The molecule has 4 rings (SSSR count). The molecule has 0 aromatic carbocycles. The van der Waals surface area contributed by atoms with Crippen molar-refractivity contribution >= 4 is 22.9 Å². The molecule has 3 heterocycles. The Kier molecular flexibility index (Phi) is 2.95. The van der Waals surface area contributed by atoms with E-state index >= 15 is 0 Å². The lowest BCUT2D eigenvalue weighted by atomic mass is 10.0. The summed E-state index contributed by atoms with van der Waals surface area (Å²) in [5, 5.41) is 10.1. The van der Waals surface area contributed by atoms with Crippen LogP contribution >= 0.6 is 0 Å². The van der Waals surface area contributed by atoms with E-state index in [2.05, 4.69) is 26.9 Å². The largest absolute Gasteiger partial charge is 0.465 e. The number of anilines is 1. The molecule has 116 valence electrons. The summed E-state index contributed by atoms with van der Waals surface area (Å²) in [5.41, 5.74) is 0.854. The van der Waals surface area contributed by atoms with Gasteiger partial charge in [0.25, 0.3) is 0 Å². The van der Waals surface area contributed by atoms with E-state index < -0.39 is 6.09 Å². The van der Waals surface area contributed by atoms with E-state index in [1.807, 2.05) is 12.3 Å². The number of fused-ring (bicyclic) bond motifs is 2. The number of likely N-dealkylation sites (tertiary alicyclic amines) is 1. The monoisotopic (exact) mass is 301 g/mol. The molecule has 1 amide bonds. The highest BCUT2D eigenvalue weighted by atomic mass is 16.4. The lowest BCUT2D eigenvalue weighted by Crippen LogP contribution is -2.34. The molecule has 7 heteroatoms. The van der Waals surface area contributed by atoms with Crippen LogP contribution in [-0.4, -0.2) is 57.2 Å². The topological polar surface area (TPSA) is 85.4 Å². The zero-order valence-electron chi connectivity index (χ0n) is 12.4. The molecule has 0 radical (unpaired) electrons. The van der Waals surface area contributed by atoms with Crippen LogP contribution in [0.15, 0.2) is 18.6 Å². The van der Waals surface area contributed by atoms with Gasteiger partial charge in [-0.15, -0.1) is 0 Å². The predicted molar refractivity (Wildman–Crippen MR) is 81.9 cm³/mol. The van der Waals surface area contributed by atoms with Gasteiger partial charge in [-0.3, -0.25) is 0 Å². The minimum absolute atomic E-state index is 0.416. The summed E-state index contributed by atoms with van der Waals surface area (Å²) in [6.07, 6.45) is 4.74. The maximum atomic E-state index is 11.1. The van der Waals surface area contributed by atoms with Crippen LogP contribution in [0.3, 0.4) is 0 Å². The summed E-state index contributed by atoms with van der Waals surface area (Å²) in [7, 11) is 2.08. The summed E-state index contributed by atoms with van der Waals surface area (Å²) in [6.45, 7) is 1.35. The number of nitrogens with one attached hydrogen (secondary N) is 1. The minimum atomic E-state index is -0.788. The van der Waals surface area contributed by atoms with Gasteiger partial charge in [0.2, 0.25) is 0 Å². The van der Waals surface area contributed by atoms with Gasteiger partial charge in [-0.05, 0) is 30.7 Å². The number of hydrogen-bond acceptors (Lipinski definition) is 4. The lowest BCUT2D eigenvalue weighted by molar-refractivity contribution is 0.152. The van der Waals surface area contributed by atoms with Crippen LogP contribution in [-0.2, 0) is 0 Å². The van der Waals surface area contributed by atoms with E-state index in [0.717, 1.165) is 29.7 Å². The fraction of sp³-hybridized carbons (Fsp3) is 0.533. The zero-order chi connectivity index (χ0) is 15.3. The molecule has 1 unspecified atom stereocenters. The summed E-state index contributed by atoms with van der Waals surface area (Å²) >= 11 is 0. The first-order chi connectivity index (χ1) is 10.6. The van der Waals surface area contributed by atoms with Crippen LogP contribution in [0.2, 0.25) is 0 Å². The van der Waals surface area contributed by atoms with Crippen molar-refractivity contribution < 1.29 is 9.90 Å². The van der Waals surface area contributed by atoms with Gasteiger partial charge in [-0.1, -0.05) is 0 Å². The second-order valence-corrected chi connectivity index (χ2v) is 6.38. The van der Waals surface area contributed by atoms with Gasteiger partial charge in [0, 0.05) is 32.4 Å². The molecule has 0 spiro atoms. The highest BCUT2D eigenvalue weighted by Gasteiger charge is 2.43. The number of rotatable bonds is 2. The first kappa shape index (κ1) is 13.4. The molecule has 22 heavy (non-hydrogen) atoms. The molecule has 0 bridgehead atoms. The highest BCUT2D eigenvalue weighted by Crippen LogP contribution is 2.41. The Morgan fingerprint density at radius 1 is 1.36 bits per heavy atom. The van der Waals surface area contributed by atoms with Crippen molar-refractivity contribution in [3.8, 4) is 0 Å². The summed E-state index contributed by atoms with van der Waals surface area (Å²) in [5.74, 6) is 1.91. The van der Waals surface area contributed by atoms with Gasteiger partial charge in [0.15, 0.2) is 0 Å². The normalized spacial score (nSPS) is 27.3. The Balaban J connectivity index is 1.53. The SMILES string of the molecule is CN(c1ncnc2[nH]ccc12)C1C[C@@H]2CN(C(=O)O)C[C@@H]2C1. The Bertz CT molecular complexity index is 701. The summed E-state index contributed by atoms with van der Waals surface area (Å²) in [6, 6.07) is 2.42. The van der Waals surface area contributed by atoms with Gasteiger partial charge in [-0.2, -0.15) is 0 Å². The number of nitrogens with zero attached hydrogens (tertiary/aromatic N) is 4. The molecule has 1 saturated heterocycles. The molecule has 1 aliphatic carbocycles. The maximum Gasteiger partial charge on any atom is 0.407 e. The average Bonchev–Trinajstić information content (AvgIpc) is 3.18. The van der Waals surface area contributed by atoms with Crippen LogP contribution < -0.4 is 4.90 Å². The van der Waals surface area contributed by atoms with E-state index in [0.29, 0.717) is 31.0 Å². The molecule has 7 nitrogen and oxygen atoms in total. The Hall–Kier alpha value is -2.31.